The van der Waals surface area contributed by atoms with E-state index >= 15 is 0 Å². The second kappa shape index (κ2) is 13.3. The molecular formula is C18H39N2O8P. The summed E-state index contributed by atoms with van der Waals surface area (Å²) in [7, 11) is -4.82. The highest BCUT2D eigenvalue weighted by Crippen LogP contribution is 2.40. The fraction of sp³-hybridized carbons (Fsp3) is 1.00. The lowest BCUT2D eigenvalue weighted by atomic mass is 9.97. The average molecular weight is 442 g/mol. The molecule has 1 saturated heterocycles. The molecule has 0 radical (unpaired) electrons. The van der Waals surface area contributed by atoms with Crippen molar-refractivity contribution in [2.75, 3.05) is 0 Å². The van der Waals surface area contributed by atoms with E-state index in [0.717, 1.165) is 0 Å². The number of aliphatic hydroxyl groups excluding tert-OH is 3. The average Bonchev–Trinajstić information content (AvgIpc) is 2.66. The molecule has 0 aromatic carbocycles. The van der Waals surface area contributed by atoms with E-state index in [0.29, 0.717) is 12.1 Å². The summed E-state index contributed by atoms with van der Waals surface area (Å²) in [6, 6.07) is 1.07. The molecule has 0 spiro atoms. The summed E-state index contributed by atoms with van der Waals surface area (Å²) in [5, 5.41) is 27.8. The normalized spacial score (nSPS) is 34.4. The van der Waals surface area contributed by atoms with Crippen LogP contribution >= 0.6 is 7.82 Å². The molecule has 0 bridgehead atoms. The van der Waals surface area contributed by atoms with Crippen molar-refractivity contribution in [3.8, 4) is 0 Å². The van der Waals surface area contributed by atoms with Crippen molar-refractivity contribution in [1.29, 1.82) is 0 Å². The number of phosphoric ester groups is 1. The van der Waals surface area contributed by atoms with Crippen LogP contribution in [0.15, 0.2) is 0 Å². The molecule has 5 atom stereocenters. The van der Waals surface area contributed by atoms with Gasteiger partial charge in [-0.1, -0.05) is 38.5 Å². The third kappa shape index (κ3) is 11.2. The Hall–Kier alpha value is -0.130. The van der Waals surface area contributed by atoms with E-state index < -0.39 is 38.5 Å². The van der Waals surface area contributed by atoms with E-state index in [2.05, 4.69) is 4.52 Å². The van der Waals surface area contributed by atoms with Crippen LogP contribution in [0.2, 0.25) is 0 Å². The van der Waals surface area contributed by atoms with Gasteiger partial charge in [-0.25, -0.2) is 4.57 Å². The van der Waals surface area contributed by atoms with Crippen molar-refractivity contribution < 1.29 is 38.9 Å². The zero-order chi connectivity index (χ0) is 22.0. The van der Waals surface area contributed by atoms with Crippen molar-refractivity contribution >= 4 is 7.82 Å². The van der Waals surface area contributed by atoms with E-state index in [1.807, 2.05) is 0 Å². The maximum atomic E-state index is 10.5. The Balaban J connectivity index is 0.000000248. The maximum absolute atomic E-state index is 10.5. The summed E-state index contributed by atoms with van der Waals surface area (Å²) in [6.07, 6.45) is 6.12. The first-order chi connectivity index (χ1) is 13.5. The Morgan fingerprint density at radius 3 is 1.52 bits per heavy atom. The molecule has 0 amide bonds. The van der Waals surface area contributed by atoms with E-state index in [4.69, 9.17) is 26.0 Å². The van der Waals surface area contributed by atoms with Crippen LogP contribution in [-0.4, -0.2) is 67.9 Å². The minimum absolute atomic E-state index is 0.536. The summed E-state index contributed by atoms with van der Waals surface area (Å²) < 4.78 is 19.4. The molecule has 10 nitrogen and oxygen atoms in total. The standard InChI is InChI=1S/2C6H13N.C6H13O8P/c2*7-6-4-2-1-3-5-6;1-2-3(7)4(8)5(9)6(13-2)14-15(10,11)12/h2*6H,1-5,7H2;2-9H,1H3,(H2,10,11,12)/t;;2?,3-,4+,5?,6-/m..1/s1. The first-order valence-corrected chi connectivity index (χ1v) is 12.0. The summed E-state index contributed by atoms with van der Waals surface area (Å²) in [6.45, 7) is 1.37. The summed E-state index contributed by atoms with van der Waals surface area (Å²) in [5.41, 5.74) is 11.3. The molecule has 3 fully saturated rings. The van der Waals surface area contributed by atoms with Crippen LogP contribution in [0.1, 0.15) is 71.1 Å². The van der Waals surface area contributed by atoms with Gasteiger partial charge in [-0.2, -0.15) is 0 Å². The lowest BCUT2D eigenvalue weighted by Gasteiger charge is -2.38. The number of aliphatic hydroxyl groups is 3. The number of rotatable bonds is 2. The Kier molecular flexibility index (Phi) is 12.4. The third-order valence-electron chi connectivity index (χ3n) is 5.35. The highest BCUT2D eigenvalue weighted by Gasteiger charge is 2.44. The van der Waals surface area contributed by atoms with Crippen molar-refractivity contribution in [2.24, 2.45) is 11.5 Å². The second-order valence-electron chi connectivity index (χ2n) is 8.07. The third-order valence-corrected chi connectivity index (χ3v) is 5.83. The summed E-state index contributed by atoms with van der Waals surface area (Å²) in [5.74, 6) is 0. The predicted octanol–water partition coefficient (Wildman–Crippen LogP) is 0.479. The quantitative estimate of drug-likeness (QED) is 0.296. The van der Waals surface area contributed by atoms with Crippen LogP contribution in [0.4, 0.5) is 0 Å². The molecule has 1 heterocycles. The lowest BCUT2D eigenvalue weighted by Crippen LogP contribution is -2.57. The molecule has 2 aliphatic carbocycles. The van der Waals surface area contributed by atoms with Gasteiger partial charge in [0, 0.05) is 12.1 Å². The number of phosphoric acid groups is 1. The summed E-state index contributed by atoms with van der Waals surface area (Å²) >= 11 is 0. The van der Waals surface area contributed by atoms with E-state index in [1.54, 1.807) is 0 Å². The molecule has 1 aliphatic heterocycles. The Bertz CT molecular complexity index is 466. The topological polar surface area (TPSA) is 189 Å². The minimum atomic E-state index is -4.82. The van der Waals surface area contributed by atoms with Crippen LogP contribution in [-0.2, 0) is 13.8 Å². The van der Waals surface area contributed by atoms with Crippen LogP contribution < -0.4 is 11.5 Å². The Morgan fingerprint density at radius 1 is 0.793 bits per heavy atom. The van der Waals surface area contributed by atoms with Gasteiger partial charge < -0.3 is 41.3 Å². The van der Waals surface area contributed by atoms with Gasteiger partial charge in [0.25, 0.3) is 0 Å². The molecule has 2 unspecified atom stereocenters. The van der Waals surface area contributed by atoms with Crippen molar-refractivity contribution in [2.45, 2.75) is 114 Å². The first kappa shape index (κ1) is 26.9. The zero-order valence-corrected chi connectivity index (χ0v) is 18.1. The van der Waals surface area contributed by atoms with Gasteiger partial charge >= 0.3 is 7.82 Å². The molecule has 0 aromatic rings. The monoisotopic (exact) mass is 442 g/mol. The van der Waals surface area contributed by atoms with Crippen molar-refractivity contribution in [3.63, 3.8) is 0 Å². The maximum Gasteiger partial charge on any atom is 0.472 e. The zero-order valence-electron chi connectivity index (χ0n) is 17.2. The molecule has 9 N–H and O–H groups in total. The molecule has 174 valence electrons. The fourth-order valence-corrected chi connectivity index (χ4v) is 3.95. The molecule has 3 rings (SSSR count). The number of nitrogens with two attached hydrogens (primary N) is 2. The van der Waals surface area contributed by atoms with E-state index in [9.17, 15) is 19.9 Å². The van der Waals surface area contributed by atoms with Gasteiger partial charge in [0.1, 0.15) is 18.3 Å². The number of hydrogen-bond donors (Lipinski definition) is 7. The largest absolute Gasteiger partial charge is 0.472 e. The highest BCUT2D eigenvalue weighted by molar-refractivity contribution is 7.46. The molecular weight excluding hydrogens is 403 g/mol. The number of ether oxygens (including phenoxy) is 1. The second-order valence-corrected chi connectivity index (χ2v) is 9.27. The fourth-order valence-electron chi connectivity index (χ4n) is 3.50. The predicted molar refractivity (Wildman–Crippen MR) is 108 cm³/mol. The van der Waals surface area contributed by atoms with Crippen LogP contribution in [0.5, 0.6) is 0 Å². The van der Waals surface area contributed by atoms with Gasteiger partial charge in [-0.05, 0) is 32.6 Å². The van der Waals surface area contributed by atoms with Gasteiger partial charge in [-0.15, -0.1) is 0 Å². The van der Waals surface area contributed by atoms with Gasteiger partial charge in [0.05, 0.1) is 6.10 Å². The van der Waals surface area contributed by atoms with Crippen molar-refractivity contribution in [3.05, 3.63) is 0 Å². The van der Waals surface area contributed by atoms with Gasteiger partial charge in [-0.3, -0.25) is 4.52 Å². The van der Waals surface area contributed by atoms with Crippen LogP contribution in [0.25, 0.3) is 0 Å². The Morgan fingerprint density at radius 2 is 1.21 bits per heavy atom. The SMILES string of the molecule is CC1O[C@H](OP(=O)(O)O)C(O)[C@@H](O)[C@@H]1O.NC1CCCCC1.NC1CCCCC1. The molecule has 11 heteroatoms. The van der Waals surface area contributed by atoms with Crippen LogP contribution in [0.3, 0.4) is 0 Å². The molecule has 2 saturated carbocycles. The summed E-state index contributed by atoms with van der Waals surface area (Å²) in [4.78, 5) is 17.0. The Labute approximate surface area is 172 Å². The smallest absolute Gasteiger partial charge is 0.388 e. The molecule has 0 aromatic heterocycles. The van der Waals surface area contributed by atoms with Gasteiger partial charge in [0.15, 0.2) is 6.29 Å². The lowest BCUT2D eigenvalue weighted by molar-refractivity contribution is -0.271. The molecule has 29 heavy (non-hydrogen) atoms. The molecule has 3 aliphatic rings. The van der Waals surface area contributed by atoms with E-state index in [1.165, 1.54) is 71.1 Å². The first-order valence-electron chi connectivity index (χ1n) is 10.5. The van der Waals surface area contributed by atoms with Crippen LogP contribution in [0, 0.1) is 0 Å². The minimum Gasteiger partial charge on any atom is -0.388 e. The highest BCUT2D eigenvalue weighted by atomic mass is 31.2. The number of hydrogen-bond acceptors (Lipinski definition) is 8. The van der Waals surface area contributed by atoms with E-state index in [-0.39, 0.29) is 0 Å². The van der Waals surface area contributed by atoms with Crippen molar-refractivity contribution in [1.82, 2.24) is 0 Å². The van der Waals surface area contributed by atoms with Gasteiger partial charge in [0.2, 0.25) is 0 Å².